The van der Waals surface area contributed by atoms with Crippen LogP contribution in [0.25, 0.3) is 17.2 Å². The highest BCUT2D eigenvalue weighted by Gasteiger charge is 2.31. The Kier molecular flexibility index (Phi) is 5.40. The molecular formula is C20H17F3O2. The summed E-state index contributed by atoms with van der Waals surface area (Å²) in [4.78, 5) is 0. The minimum absolute atomic E-state index is 0.264. The molecule has 0 saturated heterocycles. The van der Waals surface area contributed by atoms with Crippen LogP contribution in [0.3, 0.4) is 0 Å². The van der Waals surface area contributed by atoms with Gasteiger partial charge in [0.2, 0.25) is 0 Å². The first-order chi connectivity index (χ1) is 11.8. The molecule has 0 radical (unpaired) electrons. The fourth-order valence-corrected chi connectivity index (χ4v) is 2.55. The van der Waals surface area contributed by atoms with Gasteiger partial charge in [-0.1, -0.05) is 43.2 Å². The number of benzene rings is 2. The van der Waals surface area contributed by atoms with Gasteiger partial charge < -0.3 is 9.47 Å². The Morgan fingerprint density at radius 2 is 1.76 bits per heavy atom. The van der Waals surface area contributed by atoms with E-state index in [1.807, 2.05) is 19.9 Å². The summed E-state index contributed by atoms with van der Waals surface area (Å²) in [6, 6.07) is 7.65. The number of rotatable bonds is 5. The Bertz CT molecular complexity index is 828. The van der Waals surface area contributed by atoms with E-state index in [4.69, 9.17) is 4.74 Å². The third kappa shape index (κ3) is 4.34. The van der Waals surface area contributed by atoms with Gasteiger partial charge in [0.1, 0.15) is 17.8 Å². The average molecular weight is 346 g/mol. The zero-order chi connectivity index (χ0) is 18.6. The summed E-state index contributed by atoms with van der Waals surface area (Å²) in [5, 5.41) is 0. The summed E-state index contributed by atoms with van der Waals surface area (Å²) in [6.07, 6.45) is -1.67. The third-order valence-electron chi connectivity index (χ3n) is 3.64. The van der Waals surface area contributed by atoms with Crippen LogP contribution < -0.4 is 9.47 Å². The Morgan fingerprint density at radius 1 is 1.12 bits per heavy atom. The maximum atomic E-state index is 12.3. The molecule has 0 aliphatic heterocycles. The van der Waals surface area contributed by atoms with E-state index < -0.39 is 6.36 Å². The Balaban J connectivity index is 2.50. The molecule has 0 heterocycles. The lowest BCUT2D eigenvalue weighted by Gasteiger charge is -2.16. The molecule has 0 unspecified atom stereocenters. The van der Waals surface area contributed by atoms with Crippen molar-refractivity contribution in [2.24, 2.45) is 0 Å². The van der Waals surface area contributed by atoms with Crippen LogP contribution in [0, 0.1) is 13.8 Å². The largest absolute Gasteiger partial charge is 0.573 e. The molecule has 2 aromatic carbocycles. The second kappa shape index (κ2) is 7.32. The molecule has 0 aliphatic carbocycles. The van der Waals surface area contributed by atoms with Gasteiger partial charge in [0.15, 0.2) is 0 Å². The molecule has 0 fully saturated rings. The second-order valence-corrected chi connectivity index (χ2v) is 5.32. The zero-order valence-corrected chi connectivity index (χ0v) is 13.9. The van der Waals surface area contributed by atoms with E-state index in [0.29, 0.717) is 5.75 Å². The van der Waals surface area contributed by atoms with Crippen molar-refractivity contribution in [2.45, 2.75) is 20.2 Å². The number of hydrogen-bond acceptors (Lipinski definition) is 2. The van der Waals surface area contributed by atoms with E-state index in [-0.39, 0.29) is 5.75 Å². The Morgan fingerprint density at radius 3 is 2.28 bits per heavy atom. The Labute approximate surface area is 144 Å². The van der Waals surface area contributed by atoms with E-state index in [1.54, 1.807) is 18.2 Å². The van der Waals surface area contributed by atoms with Crippen molar-refractivity contribution < 1.29 is 22.6 Å². The van der Waals surface area contributed by atoms with E-state index >= 15 is 0 Å². The first-order valence-electron chi connectivity index (χ1n) is 7.40. The molecule has 2 nitrogen and oxygen atoms in total. The summed E-state index contributed by atoms with van der Waals surface area (Å²) in [5.74, 6) is 0.344. The van der Waals surface area contributed by atoms with Gasteiger partial charge in [-0.15, -0.1) is 13.2 Å². The molecule has 25 heavy (non-hydrogen) atoms. The number of halogens is 3. The maximum absolute atomic E-state index is 12.3. The summed E-state index contributed by atoms with van der Waals surface area (Å²) in [5.41, 5.74) is 6.74. The molecule has 0 N–H and O–H groups in total. The molecule has 0 aliphatic rings. The van der Waals surface area contributed by atoms with Crippen LogP contribution >= 0.6 is 0 Å². The fraction of sp³-hybridized carbons (Fsp3) is 0.150. The van der Waals surface area contributed by atoms with Crippen LogP contribution in [-0.4, -0.2) is 6.36 Å². The van der Waals surface area contributed by atoms with Crippen LogP contribution in [0.4, 0.5) is 13.2 Å². The molecule has 0 amide bonds. The zero-order valence-electron chi connectivity index (χ0n) is 13.9. The predicted octanol–water partition coefficient (Wildman–Crippen LogP) is 6.19. The van der Waals surface area contributed by atoms with Crippen molar-refractivity contribution in [3.8, 4) is 22.6 Å². The molecule has 0 atom stereocenters. The minimum Gasteiger partial charge on any atom is -0.456 e. The van der Waals surface area contributed by atoms with Crippen molar-refractivity contribution in [3.63, 3.8) is 0 Å². The lowest BCUT2D eigenvalue weighted by atomic mass is 9.93. The molecule has 0 aromatic heterocycles. The molecule has 0 saturated carbocycles. The smallest absolute Gasteiger partial charge is 0.456 e. The van der Waals surface area contributed by atoms with Gasteiger partial charge in [-0.25, -0.2) is 0 Å². The van der Waals surface area contributed by atoms with Crippen molar-refractivity contribution in [1.29, 1.82) is 0 Å². The van der Waals surface area contributed by atoms with Crippen molar-refractivity contribution in [1.82, 2.24) is 0 Å². The van der Waals surface area contributed by atoms with Gasteiger partial charge in [-0.05, 0) is 42.7 Å². The summed E-state index contributed by atoms with van der Waals surface area (Å²) < 4.78 is 46.3. The van der Waals surface area contributed by atoms with Crippen LogP contribution in [0.15, 0.2) is 55.5 Å². The number of alkyl halides is 3. The van der Waals surface area contributed by atoms with Crippen LogP contribution in [0.2, 0.25) is 0 Å². The minimum atomic E-state index is -4.71. The van der Waals surface area contributed by atoms with E-state index in [1.165, 1.54) is 18.4 Å². The molecule has 0 spiro atoms. The SMILES string of the molecule is C=C=COc1c(C)c(-c2ccc(OC(F)(F)F)cc2)cc(C)c1C=C. The van der Waals surface area contributed by atoms with Gasteiger partial charge in [0, 0.05) is 11.1 Å². The van der Waals surface area contributed by atoms with Crippen LogP contribution in [0.5, 0.6) is 11.5 Å². The second-order valence-electron chi connectivity index (χ2n) is 5.32. The van der Waals surface area contributed by atoms with Gasteiger partial charge in [0.25, 0.3) is 0 Å². The monoisotopic (exact) mass is 346 g/mol. The molecule has 2 aromatic rings. The number of aryl methyl sites for hydroxylation is 1. The summed E-state index contributed by atoms with van der Waals surface area (Å²) in [6.45, 7) is 11.0. The highest BCUT2D eigenvalue weighted by Crippen LogP contribution is 2.37. The summed E-state index contributed by atoms with van der Waals surface area (Å²) in [7, 11) is 0. The van der Waals surface area contributed by atoms with Crippen LogP contribution in [0.1, 0.15) is 16.7 Å². The van der Waals surface area contributed by atoms with Crippen molar-refractivity contribution in [3.05, 3.63) is 72.2 Å². The number of ether oxygens (including phenoxy) is 2. The van der Waals surface area contributed by atoms with Crippen molar-refractivity contribution in [2.75, 3.05) is 0 Å². The van der Waals surface area contributed by atoms with Gasteiger partial charge in [-0.3, -0.25) is 0 Å². The number of hydrogen-bond donors (Lipinski definition) is 0. The average Bonchev–Trinajstić information content (AvgIpc) is 2.54. The van der Waals surface area contributed by atoms with Gasteiger partial charge in [-0.2, -0.15) is 0 Å². The van der Waals surface area contributed by atoms with E-state index in [2.05, 4.69) is 23.6 Å². The summed E-state index contributed by atoms with van der Waals surface area (Å²) >= 11 is 0. The van der Waals surface area contributed by atoms with E-state index in [0.717, 1.165) is 27.8 Å². The molecule has 130 valence electrons. The molecule has 5 heteroatoms. The first kappa shape index (κ1) is 18.4. The topological polar surface area (TPSA) is 18.5 Å². The Hall–Kier alpha value is -2.91. The van der Waals surface area contributed by atoms with Crippen LogP contribution in [-0.2, 0) is 0 Å². The lowest BCUT2D eigenvalue weighted by Crippen LogP contribution is -2.16. The molecule has 0 bridgehead atoms. The van der Waals surface area contributed by atoms with Gasteiger partial charge in [0.05, 0.1) is 0 Å². The maximum Gasteiger partial charge on any atom is 0.573 e. The van der Waals surface area contributed by atoms with Gasteiger partial charge >= 0.3 is 6.36 Å². The standard InChI is InChI=1S/C20H17F3O2/c1-5-11-24-19-14(4)18(12-13(3)17(19)6-2)15-7-9-16(10-8-15)25-20(21,22)23/h6-12H,1-2H2,3-4H3. The first-order valence-corrected chi connectivity index (χ1v) is 7.40. The predicted molar refractivity (Wildman–Crippen MR) is 92.5 cm³/mol. The molecular weight excluding hydrogens is 329 g/mol. The highest BCUT2D eigenvalue weighted by molar-refractivity contribution is 5.76. The third-order valence-corrected chi connectivity index (χ3v) is 3.64. The molecule has 2 rings (SSSR count). The lowest BCUT2D eigenvalue weighted by molar-refractivity contribution is -0.274. The quantitative estimate of drug-likeness (QED) is 0.475. The fourth-order valence-electron chi connectivity index (χ4n) is 2.55. The van der Waals surface area contributed by atoms with E-state index in [9.17, 15) is 13.2 Å². The normalized spacial score (nSPS) is 10.8. The van der Waals surface area contributed by atoms with Crippen molar-refractivity contribution >= 4 is 6.08 Å². The highest BCUT2D eigenvalue weighted by atomic mass is 19.4.